The number of unbranched alkanes of at least 4 members (excludes halogenated alkanes) is 4. The Hall–Kier alpha value is -2.56. The summed E-state index contributed by atoms with van der Waals surface area (Å²) in [6.45, 7) is 6.59. The van der Waals surface area contributed by atoms with E-state index in [1.54, 1.807) is 30.7 Å². The van der Waals surface area contributed by atoms with Crippen molar-refractivity contribution in [2.45, 2.75) is 43.2 Å². The Labute approximate surface area is 215 Å². The SMILES string of the molecule is C=CCN1C(=O)/C(=C/c2ccc(OC)c(OCCCCCCC)c2)S/C1=N/S(=O)(=O)c1cccs1. The number of sulfonamides is 1. The van der Waals surface area contributed by atoms with Crippen molar-refractivity contribution in [3.63, 3.8) is 0 Å². The van der Waals surface area contributed by atoms with Gasteiger partial charge in [-0.05, 0) is 53.4 Å². The first kappa shape index (κ1) is 27.0. The molecule has 1 aromatic carbocycles. The van der Waals surface area contributed by atoms with Crippen molar-refractivity contribution in [1.29, 1.82) is 0 Å². The molecule has 1 aliphatic rings. The number of hydrogen-bond acceptors (Lipinski definition) is 7. The van der Waals surface area contributed by atoms with Crippen LogP contribution in [0.1, 0.15) is 44.6 Å². The summed E-state index contributed by atoms with van der Waals surface area (Å²) < 4.78 is 40.8. The predicted octanol–water partition coefficient (Wildman–Crippen LogP) is 5.95. The summed E-state index contributed by atoms with van der Waals surface area (Å²) in [5.74, 6) is 0.887. The minimum atomic E-state index is -3.91. The molecule has 1 fully saturated rings. The molecule has 35 heavy (non-hydrogen) atoms. The number of carbonyl (C=O) groups excluding carboxylic acids is 1. The Bertz CT molecular complexity index is 1190. The minimum absolute atomic E-state index is 0.103. The first-order chi connectivity index (χ1) is 16.9. The van der Waals surface area contributed by atoms with Gasteiger partial charge >= 0.3 is 0 Å². The van der Waals surface area contributed by atoms with Crippen LogP contribution in [-0.4, -0.2) is 44.7 Å². The lowest BCUT2D eigenvalue weighted by molar-refractivity contribution is -0.121. The van der Waals surface area contributed by atoms with E-state index in [1.807, 2.05) is 12.1 Å². The maximum absolute atomic E-state index is 13.0. The van der Waals surface area contributed by atoms with Gasteiger partial charge < -0.3 is 9.47 Å². The van der Waals surface area contributed by atoms with E-state index >= 15 is 0 Å². The lowest BCUT2D eigenvalue weighted by Crippen LogP contribution is -2.29. The van der Waals surface area contributed by atoms with Crippen LogP contribution >= 0.6 is 23.1 Å². The quantitative estimate of drug-likeness (QED) is 0.179. The Kier molecular flexibility index (Phi) is 10.00. The highest BCUT2D eigenvalue weighted by Crippen LogP contribution is 2.36. The number of carbonyl (C=O) groups is 1. The molecule has 0 unspecified atom stereocenters. The highest BCUT2D eigenvalue weighted by atomic mass is 32.2. The van der Waals surface area contributed by atoms with Gasteiger partial charge in [-0.15, -0.1) is 22.3 Å². The summed E-state index contributed by atoms with van der Waals surface area (Å²) in [5.41, 5.74) is 0.739. The van der Waals surface area contributed by atoms with Crippen LogP contribution < -0.4 is 9.47 Å². The van der Waals surface area contributed by atoms with Gasteiger partial charge in [0.05, 0.1) is 18.6 Å². The van der Waals surface area contributed by atoms with Gasteiger partial charge in [0.1, 0.15) is 4.21 Å². The molecule has 188 valence electrons. The monoisotopic (exact) mass is 534 g/mol. The second-order valence-electron chi connectivity index (χ2n) is 7.77. The fourth-order valence-electron chi connectivity index (χ4n) is 3.36. The molecule has 1 aliphatic heterocycles. The number of nitrogens with zero attached hydrogens (tertiary/aromatic N) is 2. The van der Waals surface area contributed by atoms with Crippen molar-refractivity contribution in [3.8, 4) is 11.5 Å². The Morgan fingerprint density at radius 3 is 2.63 bits per heavy atom. The summed E-state index contributed by atoms with van der Waals surface area (Å²) >= 11 is 2.10. The molecule has 0 aliphatic carbocycles. The fraction of sp³-hybridized carbons (Fsp3) is 0.360. The molecule has 10 heteroatoms. The lowest BCUT2D eigenvalue weighted by Gasteiger charge is -2.12. The summed E-state index contributed by atoms with van der Waals surface area (Å²) in [4.78, 5) is 14.7. The number of thiophene rings is 1. The van der Waals surface area contributed by atoms with Crippen molar-refractivity contribution in [2.75, 3.05) is 20.3 Å². The number of methoxy groups -OCH3 is 1. The minimum Gasteiger partial charge on any atom is -0.493 e. The molecule has 2 heterocycles. The van der Waals surface area contributed by atoms with Gasteiger partial charge in [0.25, 0.3) is 15.9 Å². The van der Waals surface area contributed by atoms with Crippen molar-refractivity contribution in [2.24, 2.45) is 4.40 Å². The van der Waals surface area contributed by atoms with Crippen molar-refractivity contribution < 1.29 is 22.7 Å². The number of amides is 1. The van der Waals surface area contributed by atoms with E-state index in [-0.39, 0.29) is 21.8 Å². The largest absolute Gasteiger partial charge is 0.493 e. The molecule has 0 saturated carbocycles. The third-order valence-corrected chi connectivity index (χ3v) is 8.90. The second-order valence-corrected chi connectivity index (χ2v) is 11.6. The molecule has 7 nitrogen and oxygen atoms in total. The topological polar surface area (TPSA) is 85.3 Å². The van der Waals surface area contributed by atoms with E-state index in [1.165, 1.54) is 36.3 Å². The van der Waals surface area contributed by atoms with E-state index < -0.39 is 10.0 Å². The van der Waals surface area contributed by atoms with Crippen LogP contribution in [0.4, 0.5) is 0 Å². The number of thioether (sulfide) groups is 1. The molecule has 0 atom stereocenters. The lowest BCUT2D eigenvalue weighted by atomic mass is 10.1. The average Bonchev–Trinajstić information content (AvgIpc) is 3.48. The zero-order chi connectivity index (χ0) is 25.3. The van der Waals surface area contributed by atoms with Gasteiger partial charge in [-0.3, -0.25) is 9.69 Å². The van der Waals surface area contributed by atoms with Gasteiger partial charge in [0.15, 0.2) is 16.7 Å². The second kappa shape index (κ2) is 12.9. The molecule has 0 spiro atoms. The standard InChI is InChI=1S/C25H30N2O5S3/c1-4-6-7-8-9-15-32-21-17-19(12-13-20(21)31-3)18-22-24(28)27(14-5-2)25(34-22)26-35(29,30)23-11-10-16-33-23/h5,10-13,16-18H,2,4,6-9,14-15H2,1,3H3/b22-18-,26-25+. The van der Waals surface area contributed by atoms with Crippen LogP contribution in [0.5, 0.6) is 11.5 Å². The van der Waals surface area contributed by atoms with Gasteiger partial charge in [-0.25, -0.2) is 0 Å². The third kappa shape index (κ3) is 7.22. The van der Waals surface area contributed by atoms with Crippen molar-refractivity contribution in [1.82, 2.24) is 4.90 Å². The molecule has 3 rings (SSSR count). The van der Waals surface area contributed by atoms with Crippen LogP contribution in [0, 0.1) is 0 Å². The van der Waals surface area contributed by atoms with E-state index in [0.29, 0.717) is 23.0 Å². The molecular weight excluding hydrogens is 504 g/mol. The van der Waals surface area contributed by atoms with Crippen LogP contribution in [0.2, 0.25) is 0 Å². The maximum Gasteiger partial charge on any atom is 0.294 e. The number of ether oxygens (including phenoxy) is 2. The van der Waals surface area contributed by atoms with E-state index in [0.717, 1.165) is 41.5 Å². The molecule has 1 saturated heterocycles. The molecule has 0 bridgehead atoms. The fourth-order valence-corrected chi connectivity index (χ4v) is 6.52. The molecule has 1 aromatic heterocycles. The van der Waals surface area contributed by atoms with Gasteiger partial charge in [-0.1, -0.05) is 50.8 Å². The summed E-state index contributed by atoms with van der Waals surface area (Å²) in [6.07, 6.45) is 8.92. The zero-order valence-corrected chi connectivity index (χ0v) is 22.4. The van der Waals surface area contributed by atoms with E-state index in [2.05, 4.69) is 17.9 Å². The Morgan fingerprint density at radius 2 is 1.94 bits per heavy atom. The predicted molar refractivity (Wildman–Crippen MR) is 144 cm³/mol. The average molecular weight is 535 g/mol. The highest BCUT2D eigenvalue weighted by Gasteiger charge is 2.34. The maximum atomic E-state index is 13.0. The summed E-state index contributed by atoms with van der Waals surface area (Å²) in [6, 6.07) is 8.57. The van der Waals surface area contributed by atoms with Crippen LogP contribution in [0.3, 0.4) is 0 Å². The first-order valence-corrected chi connectivity index (χ1v) is 14.5. The van der Waals surface area contributed by atoms with E-state index in [9.17, 15) is 13.2 Å². The molecule has 0 radical (unpaired) electrons. The molecule has 2 aromatic rings. The first-order valence-electron chi connectivity index (χ1n) is 11.4. The van der Waals surface area contributed by atoms with Crippen LogP contribution in [0.15, 0.2) is 61.9 Å². The Morgan fingerprint density at radius 1 is 1.14 bits per heavy atom. The van der Waals surface area contributed by atoms with Crippen LogP contribution in [-0.2, 0) is 14.8 Å². The summed E-state index contributed by atoms with van der Waals surface area (Å²) in [5, 5.41) is 1.77. The number of amidine groups is 1. The number of benzene rings is 1. The third-order valence-electron chi connectivity index (χ3n) is 5.14. The Balaban J connectivity index is 1.82. The van der Waals surface area contributed by atoms with Crippen molar-refractivity contribution >= 4 is 50.3 Å². The van der Waals surface area contributed by atoms with Crippen LogP contribution in [0.25, 0.3) is 6.08 Å². The highest BCUT2D eigenvalue weighted by molar-refractivity contribution is 8.19. The number of hydrogen-bond donors (Lipinski definition) is 0. The van der Waals surface area contributed by atoms with Gasteiger partial charge in [-0.2, -0.15) is 8.42 Å². The van der Waals surface area contributed by atoms with E-state index in [4.69, 9.17) is 9.47 Å². The molecular formula is C25H30N2O5S3. The number of rotatable bonds is 13. The molecule has 1 amide bonds. The van der Waals surface area contributed by atoms with Crippen molar-refractivity contribution in [3.05, 3.63) is 58.8 Å². The normalized spacial score (nSPS) is 16.3. The van der Waals surface area contributed by atoms with Gasteiger partial charge in [0, 0.05) is 6.54 Å². The molecule has 0 N–H and O–H groups in total. The zero-order valence-electron chi connectivity index (χ0n) is 19.9. The van der Waals surface area contributed by atoms with Gasteiger partial charge in [0.2, 0.25) is 0 Å². The summed E-state index contributed by atoms with van der Waals surface area (Å²) in [7, 11) is -2.33. The smallest absolute Gasteiger partial charge is 0.294 e.